The Kier molecular flexibility index (Phi) is 19.0. The van der Waals surface area contributed by atoms with Crippen molar-refractivity contribution >= 4 is 7.82 Å². The van der Waals surface area contributed by atoms with Gasteiger partial charge in [-0.1, -0.05) is 0 Å². The predicted molar refractivity (Wildman–Crippen MR) is 33.3 cm³/mol. The summed E-state index contributed by atoms with van der Waals surface area (Å²) in [4.78, 5) is 21.6. The molecule has 0 aliphatic heterocycles. The van der Waals surface area contributed by atoms with Crippen LogP contribution in [0.1, 0.15) is 6.42 Å². The maximum atomic E-state index is 8.88. The summed E-state index contributed by atoms with van der Waals surface area (Å²) >= 11 is 0. The molecular weight excluding hydrogens is 184 g/mol. The van der Waals surface area contributed by atoms with Crippen molar-refractivity contribution in [1.82, 2.24) is 0 Å². The summed E-state index contributed by atoms with van der Waals surface area (Å²) in [6.07, 6.45) is 0.847. The Hall–Kier alpha value is 1.71. The number of hydrogen-bond donors (Lipinski definition) is 4. The van der Waals surface area contributed by atoms with Gasteiger partial charge in [0.2, 0.25) is 0 Å². The van der Waals surface area contributed by atoms with Gasteiger partial charge in [0.15, 0.2) is 0 Å². The second-order valence-corrected chi connectivity index (χ2v) is 2.18. The summed E-state index contributed by atoms with van der Waals surface area (Å²) in [6, 6.07) is 0. The first kappa shape index (κ1) is 17.7. The molecule has 0 aromatic carbocycles. The average molecular weight is 195 g/mol. The SMILES string of the molecule is O=P(O)(O)O.[CH2-]CCN.[K+]. The molecule has 0 amide bonds. The van der Waals surface area contributed by atoms with Gasteiger partial charge in [-0.15, -0.1) is 0 Å². The fourth-order valence-corrected chi connectivity index (χ4v) is 0. The smallest absolute Gasteiger partial charge is 0.342 e. The van der Waals surface area contributed by atoms with E-state index >= 15 is 0 Å². The predicted octanol–water partition coefficient (Wildman–Crippen LogP) is -3.76. The van der Waals surface area contributed by atoms with Crippen molar-refractivity contribution in [3.8, 4) is 0 Å². The molecule has 0 heterocycles. The quantitative estimate of drug-likeness (QED) is 0.195. The molecule has 58 valence electrons. The average Bonchev–Trinajstić information content (AvgIpc) is 1.61. The van der Waals surface area contributed by atoms with Crippen molar-refractivity contribution in [2.45, 2.75) is 6.42 Å². The number of nitrogens with two attached hydrogens (primary N) is 1. The van der Waals surface area contributed by atoms with Crippen LogP contribution in [0.4, 0.5) is 0 Å². The second kappa shape index (κ2) is 10.7. The van der Waals surface area contributed by atoms with Gasteiger partial charge in [-0.05, 0) is 6.54 Å². The van der Waals surface area contributed by atoms with E-state index in [-0.39, 0.29) is 51.4 Å². The molecule has 0 atom stereocenters. The minimum absolute atomic E-state index is 0. The van der Waals surface area contributed by atoms with Gasteiger partial charge in [-0.3, -0.25) is 0 Å². The molecule has 10 heavy (non-hydrogen) atoms. The van der Waals surface area contributed by atoms with Crippen LogP contribution in [0.25, 0.3) is 0 Å². The van der Waals surface area contributed by atoms with E-state index in [2.05, 4.69) is 6.92 Å². The van der Waals surface area contributed by atoms with E-state index in [1.165, 1.54) is 0 Å². The van der Waals surface area contributed by atoms with Gasteiger partial charge >= 0.3 is 59.2 Å². The van der Waals surface area contributed by atoms with Gasteiger partial charge in [-0.2, -0.15) is 6.42 Å². The zero-order valence-corrected chi connectivity index (χ0v) is 9.91. The van der Waals surface area contributed by atoms with Gasteiger partial charge in [0.05, 0.1) is 0 Å². The van der Waals surface area contributed by atoms with Crippen LogP contribution in [0, 0.1) is 6.92 Å². The molecule has 0 aliphatic rings. The zero-order valence-electron chi connectivity index (χ0n) is 5.90. The van der Waals surface area contributed by atoms with Crippen LogP contribution in [0.3, 0.4) is 0 Å². The van der Waals surface area contributed by atoms with Crippen LogP contribution >= 0.6 is 7.82 Å². The van der Waals surface area contributed by atoms with Crippen LogP contribution < -0.4 is 57.1 Å². The normalized spacial score (nSPS) is 8.90. The van der Waals surface area contributed by atoms with Crippen LogP contribution in [0.2, 0.25) is 0 Å². The molecule has 0 rings (SSSR count). The fraction of sp³-hybridized carbons (Fsp3) is 0.667. The molecule has 0 unspecified atom stereocenters. The Labute approximate surface area is 103 Å². The molecule has 0 fully saturated rings. The topological polar surface area (TPSA) is 104 Å². The molecule has 0 aromatic rings. The molecule has 0 saturated carbocycles. The minimum Gasteiger partial charge on any atom is -0.342 e. The summed E-state index contributed by atoms with van der Waals surface area (Å²) in [5.74, 6) is 0. The Bertz CT molecular complexity index is 84.2. The van der Waals surface area contributed by atoms with E-state index in [1.54, 1.807) is 0 Å². The molecule has 0 radical (unpaired) electrons. The maximum absolute atomic E-state index is 8.88. The largest absolute Gasteiger partial charge is 1.00 e. The first-order valence-electron chi connectivity index (χ1n) is 2.19. The van der Waals surface area contributed by atoms with E-state index in [4.69, 9.17) is 25.0 Å². The van der Waals surface area contributed by atoms with Crippen LogP contribution in [0.15, 0.2) is 0 Å². The fourth-order valence-electron chi connectivity index (χ4n) is 0. The standard InChI is InChI=1S/C3H8N.K.H3O4P/c1-2-3-4;;1-5(2,3)4/h1-4H2;;(H3,1,2,3,4)/q-1;+1;. The third-order valence-electron chi connectivity index (χ3n) is 0.204. The summed E-state index contributed by atoms with van der Waals surface area (Å²) in [6.45, 7) is 4.19. The van der Waals surface area contributed by atoms with E-state index in [1.807, 2.05) is 0 Å². The molecule has 0 aromatic heterocycles. The molecule has 0 saturated heterocycles. The first-order chi connectivity index (χ1) is 3.91. The van der Waals surface area contributed by atoms with Gasteiger partial charge in [0.25, 0.3) is 0 Å². The molecule has 0 spiro atoms. The third-order valence-corrected chi connectivity index (χ3v) is 0.204. The molecule has 0 aliphatic carbocycles. The van der Waals surface area contributed by atoms with Crippen LogP contribution in [-0.4, -0.2) is 21.2 Å². The van der Waals surface area contributed by atoms with Crippen molar-refractivity contribution in [1.29, 1.82) is 0 Å². The van der Waals surface area contributed by atoms with Crippen molar-refractivity contribution < 1.29 is 70.6 Å². The zero-order chi connectivity index (χ0) is 7.91. The molecule has 7 heteroatoms. The second-order valence-electron chi connectivity index (χ2n) is 1.16. The number of phosphoric acid groups is 1. The van der Waals surface area contributed by atoms with E-state index in [0.29, 0.717) is 6.54 Å². The van der Waals surface area contributed by atoms with Gasteiger partial charge < -0.3 is 27.3 Å². The molecule has 0 bridgehead atoms. The third kappa shape index (κ3) is 100. The van der Waals surface area contributed by atoms with Crippen LogP contribution in [0.5, 0.6) is 0 Å². The number of hydrogen-bond acceptors (Lipinski definition) is 2. The summed E-state index contributed by atoms with van der Waals surface area (Å²) in [5.41, 5.74) is 4.97. The van der Waals surface area contributed by atoms with E-state index in [9.17, 15) is 0 Å². The van der Waals surface area contributed by atoms with E-state index < -0.39 is 7.82 Å². The van der Waals surface area contributed by atoms with E-state index in [0.717, 1.165) is 6.42 Å². The Morgan fingerprint density at radius 3 is 1.50 bits per heavy atom. The van der Waals surface area contributed by atoms with Crippen molar-refractivity contribution in [3.05, 3.63) is 6.92 Å². The van der Waals surface area contributed by atoms with Crippen LogP contribution in [-0.2, 0) is 4.57 Å². The first-order valence-corrected chi connectivity index (χ1v) is 3.76. The summed E-state index contributed by atoms with van der Waals surface area (Å²) in [7, 11) is -4.64. The van der Waals surface area contributed by atoms with Crippen molar-refractivity contribution in [2.24, 2.45) is 5.73 Å². The molecule has 5 N–H and O–H groups in total. The summed E-state index contributed by atoms with van der Waals surface area (Å²) in [5, 5.41) is 0. The van der Waals surface area contributed by atoms with Crippen molar-refractivity contribution in [3.63, 3.8) is 0 Å². The summed E-state index contributed by atoms with van der Waals surface area (Å²) < 4.78 is 8.88. The minimum atomic E-state index is -4.64. The van der Waals surface area contributed by atoms with Crippen molar-refractivity contribution in [2.75, 3.05) is 6.54 Å². The molecular formula is C3H11KNO4P. The maximum Gasteiger partial charge on any atom is 1.00 e. The van der Waals surface area contributed by atoms with Gasteiger partial charge in [0, 0.05) is 0 Å². The Morgan fingerprint density at radius 2 is 1.50 bits per heavy atom. The van der Waals surface area contributed by atoms with Gasteiger partial charge in [-0.25, -0.2) is 4.57 Å². The molecule has 5 nitrogen and oxygen atoms in total. The Morgan fingerprint density at radius 1 is 1.40 bits per heavy atom. The Balaban J connectivity index is -0.0000000910. The number of rotatable bonds is 1. The monoisotopic (exact) mass is 195 g/mol. The van der Waals surface area contributed by atoms with Gasteiger partial charge in [0.1, 0.15) is 0 Å².